The summed E-state index contributed by atoms with van der Waals surface area (Å²) in [5.74, 6) is -0.311. The summed E-state index contributed by atoms with van der Waals surface area (Å²) in [5, 5.41) is 0.486. The van der Waals surface area contributed by atoms with Gasteiger partial charge >= 0.3 is 0 Å². The smallest absolute Gasteiger partial charge is 0.269 e. The average molecular weight is 474 g/mol. The Kier molecular flexibility index (Phi) is 7.34. The number of carbonyl (C=O) groups is 2. The Bertz CT molecular complexity index is 1200. The zero-order chi connectivity index (χ0) is 23.1. The fourth-order valence-corrected chi connectivity index (χ4v) is 3.87. The molecule has 32 heavy (non-hydrogen) atoms. The Balaban J connectivity index is 1.55. The van der Waals surface area contributed by atoms with Gasteiger partial charge in [0.1, 0.15) is 5.75 Å². The first-order valence-electron chi connectivity index (χ1n) is 9.37. The Morgan fingerprint density at radius 2 is 1.50 bits per heavy atom. The van der Waals surface area contributed by atoms with E-state index in [2.05, 4.69) is 15.6 Å². The van der Waals surface area contributed by atoms with Crippen molar-refractivity contribution in [1.29, 1.82) is 0 Å². The topological polar surface area (TPSA) is 114 Å². The maximum Gasteiger partial charge on any atom is 0.269 e. The molecule has 3 rings (SSSR count). The molecule has 0 saturated heterocycles. The van der Waals surface area contributed by atoms with Crippen molar-refractivity contribution in [2.24, 2.45) is 0 Å². The van der Waals surface area contributed by atoms with Crippen LogP contribution in [0.25, 0.3) is 0 Å². The predicted molar refractivity (Wildman–Crippen MR) is 121 cm³/mol. The molecular weight excluding hydrogens is 454 g/mol. The maximum absolute atomic E-state index is 12.5. The quantitative estimate of drug-likeness (QED) is 0.456. The number of benzene rings is 3. The van der Waals surface area contributed by atoms with Crippen molar-refractivity contribution in [3.63, 3.8) is 0 Å². The van der Waals surface area contributed by atoms with E-state index in [1.54, 1.807) is 43.5 Å². The molecule has 0 aliphatic carbocycles. The molecule has 0 aliphatic rings. The van der Waals surface area contributed by atoms with E-state index < -0.39 is 21.8 Å². The summed E-state index contributed by atoms with van der Waals surface area (Å²) in [6.07, 6.45) is 0.0673. The van der Waals surface area contributed by atoms with Crippen LogP contribution < -0.4 is 20.3 Å². The van der Waals surface area contributed by atoms with E-state index in [1.165, 1.54) is 36.4 Å². The number of ether oxygens (including phenoxy) is 1. The standard InChI is InChI=1S/C22H20ClN3O5S/c1-31-19-10-2-15(3-11-19)14-21(27)24-25-22(28)16-4-12-20(13-5-16)32(29,30)26-18-8-6-17(23)7-9-18/h2-13,26H,14H2,1H3,(H,24,27)(H,25,28). The number of hydrogen-bond donors (Lipinski definition) is 3. The van der Waals surface area contributed by atoms with Crippen LogP contribution in [0.3, 0.4) is 0 Å². The van der Waals surface area contributed by atoms with E-state index in [9.17, 15) is 18.0 Å². The number of hydrazine groups is 1. The lowest BCUT2D eigenvalue weighted by molar-refractivity contribution is -0.121. The fraction of sp³-hybridized carbons (Fsp3) is 0.0909. The van der Waals surface area contributed by atoms with Crippen LogP contribution in [0.15, 0.2) is 77.7 Å². The predicted octanol–water partition coefficient (Wildman–Crippen LogP) is 3.15. The van der Waals surface area contributed by atoms with Crippen LogP contribution in [0.5, 0.6) is 5.75 Å². The number of carbonyl (C=O) groups excluding carboxylic acids is 2. The summed E-state index contributed by atoms with van der Waals surface area (Å²) in [5.41, 5.74) is 5.92. The molecule has 0 aliphatic heterocycles. The van der Waals surface area contributed by atoms with Gasteiger partial charge in [0.05, 0.1) is 18.4 Å². The third-order valence-corrected chi connectivity index (χ3v) is 6.01. The average Bonchev–Trinajstić information content (AvgIpc) is 2.79. The van der Waals surface area contributed by atoms with Gasteiger partial charge in [-0.15, -0.1) is 0 Å². The number of halogens is 1. The summed E-state index contributed by atoms with van der Waals surface area (Å²) in [4.78, 5) is 24.3. The summed E-state index contributed by atoms with van der Waals surface area (Å²) < 4.78 is 32.5. The van der Waals surface area contributed by atoms with E-state index in [0.29, 0.717) is 16.5 Å². The fourth-order valence-electron chi connectivity index (χ4n) is 2.69. The SMILES string of the molecule is COc1ccc(CC(=O)NNC(=O)c2ccc(S(=O)(=O)Nc3ccc(Cl)cc3)cc2)cc1. The van der Waals surface area contributed by atoms with Gasteiger partial charge in [-0.25, -0.2) is 8.42 Å². The van der Waals surface area contributed by atoms with Crippen LogP contribution in [0, 0.1) is 0 Å². The highest BCUT2D eigenvalue weighted by Crippen LogP contribution is 2.19. The Labute approximate surface area is 190 Å². The van der Waals surface area contributed by atoms with Gasteiger partial charge in [-0.1, -0.05) is 23.7 Å². The van der Waals surface area contributed by atoms with Gasteiger partial charge in [-0.05, 0) is 66.2 Å². The Morgan fingerprint density at radius 1 is 0.875 bits per heavy atom. The second-order valence-corrected chi connectivity index (χ2v) is 8.78. The molecule has 8 nitrogen and oxygen atoms in total. The van der Waals surface area contributed by atoms with Gasteiger partial charge in [-0.3, -0.25) is 25.2 Å². The molecule has 0 unspecified atom stereocenters. The van der Waals surface area contributed by atoms with Crippen LogP contribution in [0.2, 0.25) is 5.02 Å². The largest absolute Gasteiger partial charge is 0.497 e. The lowest BCUT2D eigenvalue weighted by atomic mass is 10.1. The molecule has 3 N–H and O–H groups in total. The number of amides is 2. The molecule has 3 aromatic carbocycles. The number of rotatable bonds is 7. The summed E-state index contributed by atoms with van der Waals surface area (Å²) in [6.45, 7) is 0. The normalized spacial score (nSPS) is 10.8. The van der Waals surface area contributed by atoms with Crippen LogP contribution in [-0.2, 0) is 21.2 Å². The second-order valence-electron chi connectivity index (χ2n) is 6.66. The maximum atomic E-state index is 12.5. The minimum absolute atomic E-state index is 0.0208. The molecule has 0 spiro atoms. The first-order chi connectivity index (χ1) is 15.3. The van der Waals surface area contributed by atoms with Crippen molar-refractivity contribution in [2.45, 2.75) is 11.3 Å². The molecular formula is C22H20ClN3O5S. The third kappa shape index (κ3) is 6.22. The lowest BCUT2D eigenvalue weighted by Gasteiger charge is -2.10. The van der Waals surface area contributed by atoms with E-state index in [-0.39, 0.29) is 16.9 Å². The molecule has 166 valence electrons. The zero-order valence-corrected chi connectivity index (χ0v) is 18.5. The van der Waals surface area contributed by atoms with Crippen molar-refractivity contribution < 1.29 is 22.7 Å². The monoisotopic (exact) mass is 473 g/mol. The van der Waals surface area contributed by atoms with Crippen molar-refractivity contribution in [3.05, 3.63) is 88.9 Å². The third-order valence-electron chi connectivity index (χ3n) is 4.36. The highest BCUT2D eigenvalue weighted by Gasteiger charge is 2.15. The van der Waals surface area contributed by atoms with Gasteiger partial charge in [0, 0.05) is 16.3 Å². The summed E-state index contributed by atoms with van der Waals surface area (Å²) in [6, 6.07) is 18.5. The Morgan fingerprint density at radius 3 is 2.09 bits per heavy atom. The first-order valence-corrected chi connectivity index (χ1v) is 11.2. The summed E-state index contributed by atoms with van der Waals surface area (Å²) >= 11 is 5.80. The number of methoxy groups -OCH3 is 1. The molecule has 0 radical (unpaired) electrons. The first kappa shape index (κ1) is 23.1. The van der Waals surface area contributed by atoms with Crippen LogP contribution in [0.4, 0.5) is 5.69 Å². The number of nitrogens with one attached hydrogen (secondary N) is 3. The van der Waals surface area contributed by atoms with Crippen molar-refractivity contribution >= 4 is 39.1 Å². The number of sulfonamides is 1. The van der Waals surface area contributed by atoms with Crippen LogP contribution in [-0.4, -0.2) is 27.3 Å². The number of hydrogen-bond acceptors (Lipinski definition) is 5. The molecule has 0 fully saturated rings. The van der Waals surface area contributed by atoms with Gasteiger partial charge in [0.25, 0.3) is 15.9 Å². The van der Waals surface area contributed by atoms with Crippen molar-refractivity contribution in [2.75, 3.05) is 11.8 Å². The van der Waals surface area contributed by atoms with Gasteiger partial charge in [-0.2, -0.15) is 0 Å². The molecule has 0 atom stereocenters. The molecule has 10 heteroatoms. The van der Waals surface area contributed by atoms with E-state index in [0.717, 1.165) is 5.56 Å². The van der Waals surface area contributed by atoms with Gasteiger partial charge < -0.3 is 4.74 Å². The highest BCUT2D eigenvalue weighted by molar-refractivity contribution is 7.92. The van der Waals surface area contributed by atoms with E-state index in [1.807, 2.05) is 0 Å². The molecule has 0 heterocycles. The van der Waals surface area contributed by atoms with Gasteiger partial charge in [0.15, 0.2) is 0 Å². The zero-order valence-electron chi connectivity index (χ0n) is 17.0. The van der Waals surface area contributed by atoms with E-state index >= 15 is 0 Å². The highest BCUT2D eigenvalue weighted by atomic mass is 35.5. The Hall–Kier alpha value is -3.56. The van der Waals surface area contributed by atoms with Crippen LogP contribution in [0.1, 0.15) is 15.9 Å². The second kappa shape index (κ2) is 10.2. The number of anilines is 1. The molecule has 3 aromatic rings. The minimum Gasteiger partial charge on any atom is -0.497 e. The molecule has 0 aromatic heterocycles. The molecule has 2 amide bonds. The minimum atomic E-state index is -3.84. The molecule has 0 bridgehead atoms. The van der Waals surface area contributed by atoms with Crippen LogP contribution >= 0.6 is 11.6 Å². The lowest BCUT2D eigenvalue weighted by Crippen LogP contribution is -2.42. The van der Waals surface area contributed by atoms with Crippen molar-refractivity contribution in [3.8, 4) is 5.75 Å². The van der Waals surface area contributed by atoms with Crippen molar-refractivity contribution in [1.82, 2.24) is 10.9 Å². The van der Waals surface area contributed by atoms with E-state index in [4.69, 9.17) is 16.3 Å². The molecule has 0 saturated carbocycles. The van der Waals surface area contributed by atoms with Gasteiger partial charge in [0.2, 0.25) is 5.91 Å². The summed E-state index contributed by atoms with van der Waals surface area (Å²) in [7, 11) is -2.29.